The predicted octanol–water partition coefficient (Wildman–Crippen LogP) is -2.29. The molecule has 1 N–H and O–H groups in total. The standard InChI is InChI=1S/C8H18N.C5H5.2ClH.Ti/c1-6-8(5,9)7(2,3)4;1-2-4-5-3-1;;;/h9H,6H2,1-5H3;1-5H;2*1H;/q-1;;;;+3/p-2. The summed E-state index contributed by atoms with van der Waals surface area (Å²) < 4.78 is 4.56. The van der Waals surface area contributed by atoms with Gasteiger partial charge in [-0.05, 0) is 0 Å². The van der Waals surface area contributed by atoms with Crippen molar-refractivity contribution in [1.29, 1.82) is 0 Å². The fourth-order valence-corrected chi connectivity index (χ4v) is 3.84. The summed E-state index contributed by atoms with van der Waals surface area (Å²) in [5.74, 6) is 0. The predicted molar refractivity (Wildman–Crippen MR) is 63.3 cm³/mol. The first kappa shape index (κ1) is 20.1. The molecule has 17 heavy (non-hydrogen) atoms. The summed E-state index contributed by atoms with van der Waals surface area (Å²) >= 11 is -0.103. The van der Waals surface area contributed by atoms with Gasteiger partial charge in [-0.25, -0.2) is 0 Å². The van der Waals surface area contributed by atoms with Crippen LogP contribution in [0, 0.1) is 5.41 Å². The molecule has 1 unspecified atom stereocenters. The van der Waals surface area contributed by atoms with E-state index in [-0.39, 0.29) is 49.8 Å². The Labute approximate surface area is 128 Å². The molecule has 0 heterocycles. The summed E-state index contributed by atoms with van der Waals surface area (Å²) in [6, 6.07) is 0. The van der Waals surface area contributed by atoms with Crippen LogP contribution in [0.2, 0.25) is 4.22 Å². The minimum atomic E-state index is -0.103. The fourth-order valence-electron chi connectivity index (χ4n) is 1.58. The monoisotopic (exact) mass is 311 g/mol. The molecule has 1 rings (SSSR count). The number of hydrogen-bond donors (Lipinski definition) is 1. The molecule has 1 aliphatic carbocycles. The van der Waals surface area contributed by atoms with Crippen molar-refractivity contribution in [2.24, 2.45) is 5.41 Å². The quantitative estimate of drug-likeness (QED) is 0.577. The van der Waals surface area contributed by atoms with Crippen LogP contribution < -0.4 is 28.6 Å². The minimum Gasteiger partial charge on any atom is -1.00 e. The van der Waals surface area contributed by atoms with Gasteiger partial charge in [-0.15, -0.1) is 0 Å². The van der Waals surface area contributed by atoms with E-state index in [1.165, 1.54) is 6.42 Å². The van der Waals surface area contributed by atoms with Crippen LogP contribution in [0.3, 0.4) is 0 Å². The molecule has 0 aromatic heterocycles. The molecular formula is C13H23Cl2NTi. The number of hydrogen-bond acceptors (Lipinski definition) is 1. The summed E-state index contributed by atoms with van der Waals surface area (Å²) in [7, 11) is 0. The molecule has 1 nitrogen and oxygen atoms in total. The largest absolute Gasteiger partial charge is 1.00 e. The number of halogens is 2. The van der Waals surface area contributed by atoms with E-state index >= 15 is 0 Å². The first-order valence-electron chi connectivity index (χ1n) is 5.77. The maximum absolute atomic E-state index is 3.85. The number of allylic oxidation sites excluding steroid dienone is 4. The second kappa shape index (κ2) is 8.02. The Balaban J connectivity index is 0. The Morgan fingerprint density at radius 3 is 1.88 bits per heavy atom. The second-order valence-electron chi connectivity index (χ2n) is 5.50. The maximum atomic E-state index is 3.85. The van der Waals surface area contributed by atoms with Crippen LogP contribution >= 0.6 is 0 Å². The summed E-state index contributed by atoms with van der Waals surface area (Å²) in [5.41, 5.74) is 0.606. The Morgan fingerprint density at radius 2 is 1.53 bits per heavy atom. The molecule has 98 valence electrons. The molecule has 0 saturated carbocycles. The van der Waals surface area contributed by atoms with Crippen molar-refractivity contribution in [2.75, 3.05) is 0 Å². The van der Waals surface area contributed by atoms with Gasteiger partial charge >= 0.3 is 104 Å². The van der Waals surface area contributed by atoms with Gasteiger partial charge in [0.05, 0.1) is 0 Å². The smallest absolute Gasteiger partial charge is 1.00 e. The van der Waals surface area contributed by atoms with E-state index in [9.17, 15) is 0 Å². The summed E-state index contributed by atoms with van der Waals surface area (Å²) in [4.78, 5) is 0. The van der Waals surface area contributed by atoms with E-state index in [4.69, 9.17) is 0 Å². The third kappa shape index (κ3) is 5.49. The zero-order valence-electron chi connectivity index (χ0n) is 11.3. The van der Waals surface area contributed by atoms with Gasteiger partial charge in [0.15, 0.2) is 0 Å². The average Bonchev–Trinajstić information content (AvgIpc) is 2.64. The van der Waals surface area contributed by atoms with Crippen molar-refractivity contribution in [1.82, 2.24) is 3.80 Å². The minimum absolute atomic E-state index is 0. The van der Waals surface area contributed by atoms with Crippen molar-refractivity contribution >= 4 is 0 Å². The van der Waals surface area contributed by atoms with Crippen molar-refractivity contribution in [3.8, 4) is 0 Å². The van der Waals surface area contributed by atoms with E-state index in [1.807, 2.05) is 0 Å². The van der Waals surface area contributed by atoms with Gasteiger partial charge in [-0.2, -0.15) is 0 Å². The van der Waals surface area contributed by atoms with Crippen LogP contribution in [0.15, 0.2) is 24.3 Å². The third-order valence-corrected chi connectivity index (χ3v) is 5.83. The molecular weight excluding hydrogens is 289 g/mol. The van der Waals surface area contributed by atoms with Crippen molar-refractivity contribution < 1.29 is 44.2 Å². The fraction of sp³-hybridized carbons (Fsp3) is 0.692. The van der Waals surface area contributed by atoms with Crippen molar-refractivity contribution in [3.63, 3.8) is 0 Å². The molecule has 0 bridgehead atoms. The van der Waals surface area contributed by atoms with Crippen LogP contribution in [-0.4, -0.2) is 5.54 Å². The Kier molecular flexibility index (Phi) is 9.46. The Hall–Kier alpha value is 0.734. The van der Waals surface area contributed by atoms with Gasteiger partial charge in [0, 0.05) is 0 Å². The van der Waals surface area contributed by atoms with Crippen molar-refractivity contribution in [2.45, 2.75) is 50.8 Å². The van der Waals surface area contributed by atoms with Crippen LogP contribution in [0.25, 0.3) is 0 Å². The van der Waals surface area contributed by atoms with E-state index in [1.54, 1.807) is 0 Å². The van der Waals surface area contributed by atoms with Gasteiger partial charge in [0.2, 0.25) is 0 Å². The summed E-state index contributed by atoms with van der Waals surface area (Å²) in [6.07, 6.45) is 10.1. The average molecular weight is 312 g/mol. The Morgan fingerprint density at radius 1 is 1.06 bits per heavy atom. The molecule has 0 spiro atoms. The molecule has 0 aromatic rings. The number of nitrogens with one attached hydrogen (secondary N) is 1. The van der Waals surface area contributed by atoms with Gasteiger partial charge in [0.1, 0.15) is 0 Å². The van der Waals surface area contributed by atoms with E-state index < -0.39 is 0 Å². The third-order valence-electron chi connectivity index (χ3n) is 3.63. The first-order chi connectivity index (χ1) is 6.89. The molecule has 1 aliphatic rings. The van der Waals surface area contributed by atoms with E-state index in [0.717, 1.165) is 0 Å². The molecule has 0 fully saturated rings. The van der Waals surface area contributed by atoms with Gasteiger partial charge in [0.25, 0.3) is 0 Å². The van der Waals surface area contributed by atoms with Crippen LogP contribution in [0.4, 0.5) is 0 Å². The molecule has 4 heteroatoms. The van der Waals surface area contributed by atoms with Crippen LogP contribution in [0.1, 0.15) is 41.0 Å². The molecule has 0 aliphatic heterocycles. The SMILES string of the molecule is CCC(C)([NH][Ti+2][CH]1C=CC=C1)C(C)(C)C.[Cl-].[Cl-]. The van der Waals surface area contributed by atoms with E-state index in [2.05, 4.69) is 62.7 Å². The molecule has 0 aromatic carbocycles. The zero-order chi connectivity index (χ0) is 11.5. The summed E-state index contributed by atoms with van der Waals surface area (Å²) in [5, 5.41) is 0. The van der Waals surface area contributed by atoms with Crippen LogP contribution in [-0.2, 0) is 19.4 Å². The van der Waals surface area contributed by atoms with Gasteiger partial charge < -0.3 is 24.8 Å². The van der Waals surface area contributed by atoms with Crippen LogP contribution in [0.5, 0.6) is 0 Å². The normalized spacial score (nSPS) is 17.9. The van der Waals surface area contributed by atoms with Gasteiger partial charge in [-0.3, -0.25) is 0 Å². The second-order valence-corrected chi connectivity index (χ2v) is 7.38. The summed E-state index contributed by atoms with van der Waals surface area (Å²) in [6.45, 7) is 11.6. The Bertz CT molecular complexity index is 259. The van der Waals surface area contributed by atoms with Gasteiger partial charge in [-0.1, -0.05) is 0 Å². The first-order valence-corrected chi connectivity index (χ1v) is 7.45. The van der Waals surface area contributed by atoms with E-state index in [0.29, 0.717) is 9.64 Å². The molecule has 0 saturated heterocycles. The van der Waals surface area contributed by atoms with Crippen molar-refractivity contribution in [3.05, 3.63) is 24.3 Å². The topological polar surface area (TPSA) is 12.0 Å². The molecule has 0 radical (unpaired) electrons. The maximum Gasteiger partial charge on any atom is -1.00 e. The number of rotatable bonds is 4. The zero-order valence-corrected chi connectivity index (χ0v) is 14.4. The molecule has 1 atom stereocenters. The molecule has 0 amide bonds.